The number of carboxylic acid groups (broad SMARTS) is 1. The Morgan fingerprint density at radius 3 is 1.64 bits per heavy atom. The van der Waals surface area contributed by atoms with E-state index >= 15 is 0 Å². The highest BCUT2D eigenvalue weighted by atomic mass is 16.4. The summed E-state index contributed by atoms with van der Waals surface area (Å²) >= 11 is 0. The van der Waals surface area contributed by atoms with Crippen molar-refractivity contribution in [2.75, 3.05) is 13.6 Å². The van der Waals surface area contributed by atoms with E-state index in [9.17, 15) is 4.79 Å². The fourth-order valence-electron chi connectivity index (χ4n) is 1.72. The predicted molar refractivity (Wildman–Crippen MR) is 110 cm³/mol. The topological polar surface area (TPSA) is 136 Å². The van der Waals surface area contributed by atoms with Crippen molar-refractivity contribution in [1.29, 1.82) is 0 Å². The number of aliphatic hydroxyl groups excluding tert-OH is 1. The molecule has 0 heterocycles. The zero-order valence-electron chi connectivity index (χ0n) is 17.3. The minimum absolute atomic E-state index is 0.468. The van der Waals surface area contributed by atoms with Gasteiger partial charge in [-0.2, -0.15) is 0 Å². The Morgan fingerprint density at radius 2 is 1.44 bits per heavy atom. The summed E-state index contributed by atoms with van der Waals surface area (Å²) in [7, 11) is 1.50. The molecule has 0 aromatic rings. The number of aliphatic carboxylic acids is 1. The van der Waals surface area contributed by atoms with Gasteiger partial charge >= 0.3 is 5.97 Å². The Hall–Kier alpha value is -1.11. The van der Waals surface area contributed by atoms with Crippen LogP contribution in [0.25, 0.3) is 0 Å². The van der Waals surface area contributed by atoms with Gasteiger partial charge in [0, 0.05) is 6.42 Å². The first-order chi connectivity index (χ1) is 12.0. The molecule has 0 aromatic heterocycles. The minimum Gasteiger partial charge on any atom is -0.513 e. The summed E-state index contributed by atoms with van der Waals surface area (Å²) in [5.41, 5.74) is 14.9. The lowest BCUT2D eigenvalue weighted by Crippen LogP contribution is -2.29. The first kappa shape index (κ1) is 31.6. The average molecular weight is 364 g/mol. The van der Waals surface area contributed by atoms with E-state index in [1.807, 2.05) is 27.7 Å². The summed E-state index contributed by atoms with van der Waals surface area (Å²) in [6, 6.07) is -0.716. The number of allylic oxidation sites excluding steroid dienone is 2. The summed E-state index contributed by atoms with van der Waals surface area (Å²) in [4.78, 5) is 10.1. The van der Waals surface area contributed by atoms with E-state index in [2.05, 4.69) is 5.73 Å². The minimum atomic E-state index is -0.933. The standard InChI is InChI=1S/C6H14N2O2.C5H10O.C5H10.C2H6.CH5N/c7-4-2-1-3-5(8)6(9)10;1-3-5(6)4-2;1-2-4-5-3-1;2*1-2/h5H,1-4,7-8H2,(H,9,10);3,6H,4H2,1-2H3;1-5H2;1-2H3;2H2,1H3/b;5-3-;;;/t5-;;;;/m0..../s1. The van der Waals surface area contributed by atoms with E-state index < -0.39 is 12.0 Å². The van der Waals surface area contributed by atoms with Gasteiger partial charge in [-0.05, 0) is 39.4 Å². The van der Waals surface area contributed by atoms with Crippen molar-refractivity contribution in [3.05, 3.63) is 11.8 Å². The van der Waals surface area contributed by atoms with Gasteiger partial charge in [0.25, 0.3) is 0 Å². The number of aliphatic hydroxyl groups is 1. The van der Waals surface area contributed by atoms with E-state index in [4.69, 9.17) is 21.7 Å². The van der Waals surface area contributed by atoms with Gasteiger partial charge in [-0.1, -0.05) is 59.3 Å². The van der Waals surface area contributed by atoms with Crippen LogP contribution in [0.4, 0.5) is 0 Å². The van der Waals surface area contributed by atoms with Crippen LogP contribution in [0.1, 0.15) is 85.5 Å². The lowest BCUT2D eigenvalue weighted by Gasteiger charge is -2.03. The third-order valence-electron chi connectivity index (χ3n) is 3.23. The molecule has 0 aromatic carbocycles. The molecule has 0 amide bonds. The molecule has 1 aliphatic rings. The van der Waals surface area contributed by atoms with E-state index in [1.165, 1.54) is 39.2 Å². The van der Waals surface area contributed by atoms with Crippen LogP contribution in [0.3, 0.4) is 0 Å². The fourth-order valence-corrected chi connectivity index (χ4v) is 1.72. The number of carboxylic acids is 1. The van der Waals surface area contributed by atoms with Crippen LogP contribution in [0.5, 0.6) is 0 Å². The maximum Gasteiger partial charge on any atom is 0.320 e. The molecule has 6 heteroatoms. The van der Waals surface area contributed by atoms with Crippen LogP contribution >= 0.6 is 0 Å². The molecule has 0 spiro atoms. The zero-order chi connectivity index (χ0) is 20.5. The van der Waals surface area contributed by atoms with Crippen LogP contribution in [-0.2, 0) is 4.79 Å². The molecule has 25 heavy (non-hydrogen) atoms. The quantitative estimate of drug-likeness (QED) is 0.358. The molecule has 1 saturated carbocycles. The average Bonchev–Trinajstić information content (AvgIpc) is 3.25. The SMILES string of the molecule is C/C=C(\O)CC.C1CCCC1.CC.CN.NCCCC[C@H](N)C(=O)O. The summed E-state index contributed by atoms with van der Waals surface area (Å²) in [5, 5.41) is 16.9. The Kier molecular flexibility index (Phi) is 38.9. The maximum atomic E-state index is 10.1. The van der Waals surface area contributed by atoms with Crippen LogP contribution < -0.4 is 17.2 Å². The smallest absolute Gasteiger partial charge is 0.320 e. The molecule has 0 bridgehead atoms. The van der Waals surface area contributed by atoms with Gasteiger partial charge in [0.2, 0.25) is 0 Å². The molecular formula is C19H45N3O3. The molecule has 0 aliphatic heterocycles. The number of rotatable bonds is 6. The highest BCUT2D eigenvalue weighted by molar-refractivity contribution is 5.72. The molecule has 1 fully saturated rings. The van der Waals surface area contributed by atoms with Crippen molar-refractivity contribution in [3.8, 4) is 0 Å². The fraction of sp³-hybridized carbons (Fsp3) is 0.842. The van der Waals surface area contributed by atoms with Gasteiger partial charge in [-0.15, -0.1) is 0 Å². The van der Waals surface area contributed by atoms with Gasteiger partial charge < -0.3 is 27.4 Å². The molecule has 1 rings (SSSR count). The molecule has 6 nitrogen and oxygen atoms in total. The number of carbonyl (C=O) groups is 1. The van der Waals surface area contributed by atoms with Crippen molar-refractivity contribution in [1.82, 2.24) is 0 Å². The number of hydrogen-bond acceptors (Lipinski definition) is 5. The predicted octanol–water partition coefficient (Wildman–Crippen LogP) is 3.94. The van der Waals surface area contributed by atoms with Gasteiger partial charge in [0.05, 0.1) is 5.76 Å². The molecule has 154 valence electrons. The second-order valence-corrected chi connectivity index (χ2v) is 5.13. The van der Waals surface area contributed by atoms with Gasteiger partial charge in [0.1, 0.15) is 6.04 Å². The molecule has 0 saturated heterocycles. The van der Waals surface area contributed by atoms with Gasteiger partial charge in [-0.3, -0.25) is 4.79 Å². The monoisotopic (exact) mass is 363 g/mol. The number of hydrogen-bond donors (Lipinski definition) is 5. The Bertz CT molecular complexity index is 261. The normalized spacial score (nSPS) is 13.4. The van der Waals surface area contributed by atoms with E-state index in [0.717, 1.165) is 19.3 Å². The van der Waals surface area contributed by atoms with Gasteiger partial charge in [-0.25, -0.2) is 0 Å². The van der Waals surface area contributed by atoms with E-state index in [0.29, 0.717) is 18.7 Å². The summed E-state index contributed by atoms with van der Waals surface area (Å²) in [6.45, 7) is 8.33. The molecule has 8 N–H and O–H groups in total. The number of unbranched alkanes of at least 4 members (excludes halogenated alkanes) is 1. The second kappa shape index (κ2) is 30.7. The van der Waals surface area contributed by atoms with Crippen LogP contribution in [-0.4, -0.2) is 35.8 Å². The highest BCUT2D eigenvalue weighted by Crippen LogP contribution is 2.15. The number of nitrogens with two attached hydrogens (primary N) is 3. The first-order valence-electron chi connectivity index (χ1n) is 9.59. The summed E-state index contributed by atoms with van der Waals surface area (Å²) in [6.07, 6.45) is 12.1. The van der Waals surface area contributed by atoms with Crippen LogP contribution in [0.2, 0.25) is 0 Å². The molecule has 0 unspecified atom stereocenters. The first-order valence-corrected chi connectivity index (χ1v) is 9.59. The lowest BCUT2D eigenvalue weighted by atomic mass is 10.1. The van der Waals surface area contributed by atoms with Crippen molar-refractivity contribution in [3.63, 3.8) is 0 Å². The molecule has 1 aliphatic carbocycles. The van der Waals surface area contributed by atoms with Crippen molar-refractivity contribution >= 4 is 5.97 Å². The van der Waals surface area contributed by atoms with E-state index in [-0.39, 0.29) is 0 Å². The Morgan fingerprint density at radius 1 is 1.04 bits per heavy atom. The maximum absolute atomic E-state index is 10.1. The Labute approximate surface area is 155 Å². The van der Waals surface area contributed by atoms with Crippen LogP contribution in [0.15, 0.2) is 11.8 Å². The highest BCUT2D eigenvalue weighted by Gasteiger charge is 2.09. The van der Waals surface area contributed by atoms with Crippen LogP contribution in [0, 0.1) is 0 Å². The lowest BCUT2D eigenvalue weighted by molar-refractivity contribution is -0.138. The summed E-state index contributed by atoms with van der Waals surface area (Å²) in [5.74, 6) is -0.466. The van der Waals surface area contributed by atoms with Gasteiger partial charge in [0.15, 0.2) is 0 Å². The second-order valence-electron chi connectivity index (χ2n) is 5.13. The third kappa shape index (κ3) is 35.0. The van der Waals surface area contributed by atoms with Crippen molar-refractivity contribution in [2.45, 2.75) is 91.5 Å². The largest absolute Gasteiger partial charge is 0.513 e. The molecule has 1 atom stereocenters. The molecular weight excluding hydrogens is 318 g/mol. The van der Waals surface area contributed by atoms with Crippen molar-refractivity contribution in [2.24, 2.45) is 17.2 Å². The van der Waals surface area contributed by atoms with Crippen molar-refractivity contribution < 1.29 is 15.0 Å². The zero-order valence-corrected chi connectivity index (χ0v) is 17.3. The van der Waals surface area contributed by atoms with E-state index in [1.54, 1.807) is 6.08 Å². The summed E-state index contributed by atoms with van der Waals surface area (Å²) < 4.78 is 0. The molecule has 0 radical (unpaired) electrons. The Balaban J connectivity index is -0.000000126. The third-order valence-corrected chi connectivity index (χ3v) is 3.23.